The van der Waals surface area contributed by atoms with Gasteiger partial charge in [0, 0.05) is 18.5 Å². The van der Waals surface area contributed by atoms with Gasteiger partial charge >= 0.3 is 0 Å². The number of ketones is 1. The molecule has 3 aromatic heterocycles. The van der Waals surface area contributed by atoms with E-state index in [0.717, 1.165) is 22.8 Å². The summed E-state index contributed by atoms with van der Waals surface area (Å²) in [5, 5.41) is 13.9. The first kappa shape index (κ1) is 40.5. The second-order valence-corrected chi connectivity index (χ2v) is 10.1. The summed E-state index contributed by atoms with van der Waals surface area (Å²) in [6, 6.07) is 29.0. The lowest BCUT2D eigenvalue weighted by molar-refractivity contribution is 0.0993. The molecule has 0 aliphatic heterocycles. The van der Waals surface area contributed by atoms with Gasteiger partial charge in [-0.25, -0.2) is 4.68 Å². The van der Waals surface area contributed by atoms with Crippen LogP contribution in [-0.4, -0.2) is 50.1 Å². The molecule has 5 rings (SSSR count). The largest absolute Gasteiger partial charge is 0.384 e. The van der Waals surface area contributed by atoms with Crippen molar-refractivity contribution in [3.05, 3.63) is 119 Å². The van der Waals surface area contributed by atoms with Gasteiger partial charge in [-0.05, 0) is 68.2 Å². The summed E-state index contributed by atoms with van der Waals surface area (Å²) in [5.74, 6) is 5.41. The van der Waals surface area contributed by atoms with Crippen LogP contribution in [0.25, 0.3) is 17.1 Å². The number of rotatable bonds is 8. The lowest BCUT2D eigenvalue weighted by Crippen LogP contribution is -2.21. The van der Waals surface area contributed by atoms with Gasteiger partial charge < -0.3 is 16.1 Å². The van der Waals surface area contributed by atoms with E-state index in [1.165, 1.54) is 25.8 Å². The molecule has 47 heavy (non-hydrogen) atoms. The van der Waals surface area contributed by atoms with Crippen molar-refractivity contribution in [3.8, 4) is 23.1 Å². The highest BCUT2D eigenvalue weighted by molar-refractivity contribution is 6.33. The van der Waals surface area contributed by atoms with E-state index in [0.29, 0.717) is 21.6 Å². The smallest absolute Gasteiger partial charge is 0.195 e. The first-order valence-electron chi connectivity index (χ1n) is 14.6. The Bertz CT molecular complexity index is 1640. The third kappa shape index (κ3) is 13.8. The minimum Gasteiger partial charge on any atom is -0.384 e. The summed E-state index contributed by atoms with van der Waals surface area (Å²) in [6.07, 6.45) is 3.15. The maximum absolute atomic E-state index is 11.0. The molecule has 5 aromatic rings. The van der Waals surface area contributed by atoms with E-state index < -0.39 is 0 Å². The third-order valence-corrected chi connectivity index (χ3v) is 6.96. The Labute approximate surface area is 292 Å². The van der Waals surface area contributed by atoms with Crippen LogP contribution in [0.2, 0.25) is 10.0 Å². The summed E-state index contributed by atoms with van der Waals surface area (Å²) in [7, 11) is 0. The average Bonchev–Trinajstić information content (AvgIpc) is 3.49. The fraction of sp³-hybridized carbons (Fsp3) is 0.206. The second-order valence-electron chi connectivity index (χ2n) is 9.25. The van der Waals surface area contributed by atoms with Crippen LogP contribution in [0.1, 0.15) is 37.7 Å². The van der Waals surface area contributed by atoms with E-state index in [4.69, 9.17) is 40.0 Å². The van der Waals surface area contributed by atoms with Crippen molar-refractivity contribution in [3.63, 3.8) is 0 Å². The van der Waals surface area contributed by atoms with Crippen molar-refractivity contribution in [1.82, 2.24) is 24.6 Å². The molecule has 5 N–H and O–H groups in total. The molecule has 0 spiro atoms. The van der Waals surface area contributed by atoms with Crippen LogP contribution in [-0.2, 0) is 0 Å². The Balaban J connectivity index is 0.000000339. The topological polar surface area (TPSA) is 152 Å². The SMILES string of the molecule is CCN(CC)CC.Cl.N#CCC(=O)c1ccccn1.NNc1ccccc1Cl.Nc1cc(-c2ccccn2)nn1-c1ccccc1Cl. The van der Waals surface area contributed by atoms with Crippen LogP contribution >= 0.6 is 35.6 Å². The fourth-order valence-electron chi connectivity index (χ4n) is 3.79. The monoisotopic (exact) mass is 695 g/mol. The van der Waals surface area contributed by atoms with Crippen molar-refractivity contribution >= 4 is 52.9 Å². The molecule has 248 valence electrons. The second kappa shape index (κ2) is 22.9. The number of hydrazine groups is 1. The van der Waals surface area contributed by atoms with Gasteiger partial charge in [-0.3, -0.25) is 20.6 Å². The highest BCUT2D eigenvalue weighted by atomic mass is 35.5. The van der Waals surface area contributed by atoms with Crippen molar-refractivity contribution in [2.24, 2.45) is 5.84 Å². The van der Waals surface area contributed by atoms with Crippen molar-refractivity contribution in [1.29, 1.82) is 5.26 Å². The van der Waals surface area contributed by atoms with E-state index in [2.05, 4.69) is 46.2 Å². The zero-order valence-corrected chi connectivity index (χ0v) is 28.9. The van der Waals surface area contributed by atoms with Gasteiger partial charge in [0.05, 0.1) is 33.2 Å². The number of nitriles is 1. The molecule has 0 unspecified atom stereocenters. The summed E-state index contributed by atoms with van der Waals surface area (Å²) in [6.45, 7) is 10.1. The van der Waals surface area contributed by atoms with Gasteiger partial charge in [0.2, 0.25) is 0 Å². The van der Waals surface area contributed by atoms with Gasteiger partial charge in [-0.2, -0.15) is 10.4 Å². The number of nitrogens with zero attached hydrogens (tertiary/aromatic N) is 6. The molecule has 0 aliphatic rings. The standard InChI is InChI=1S/C14H11ClN4.C8H6N2O.C6H7ClN2.C6H15N.ClH/c15-10-5-1-2-7-13(10)19-14(16)9-12(18-19)11-6-3-4-8-17-11;9-5-4-8(11)7-3-1-2-6-10-7;7-5-3-1-2-4-6(5)9-8;1-4-7(5-2)6-3;/h1-9H,16H2;1-3,6H,4H2;1-4,9H,8H2;4-6H2,1-3H3;1H. The number of nitrogen functional groups attached to an aromatic ring is 2. The molecule has 2 aromatic carbocycles. The number of halogens is 3. The van der Waals surface area contributed by atoms with Gasteiger partial charge in [0.25, 0.3) is 0 Å². The molecule has 13 heteroatoms. The number of carbonyl (C=O) groups excluding carboxylic acids is 1. The zero-order valence-electron chi connectivity index (χ0n) is 26.6. The van der Waals surface area contributed by atoms with E-state index in [1.807, 2.05) is 54.6 Å². The molecule has 0 fully saturated rings. The molecule has 0 amide bonds. The predicted octanol–water partition coefficient (Wildman–Crippen LogP) is 7.74. The minimum absolute atomic E-state index is 0. The van der Waals surface area contributed by atoms with E-state index in [9.17, 15) is 4.79 Å². The van der Waals surface area contributed by atoms with Crippen molar-refractivity contribution < 1.29 is 4.79 Å². The molecule has 0 aliphatic carbocycles. The third-order valence-electron chi connectivity index (χ3n) is 6.31. The van der Waals surface area contributed by atoms with E-state index >= 15 is 0 Å². The number of hydrogen-bond acceptors (Lipinski definition) is 9. The lowest BCUT2D eigenvalue weighted by atomic mass is 10.2. The number of nitrogens with two attached hydrogens (primary N) is 2. The molecule has 3 heterocycles. The normalized spacial score (nSPS) is 9.57. The van der Waals surface area contributed by atoms with Crippen LogP contribution < -0.4 is 17.0 Å². The quantitative estimate of drug-likeness (QED) is 0.0840. The first-order chi connectivity index (χ1) is 22.3. The maximum atomic E-state index is 11.0. The highest BCUT2D eigenvalue weighted by Crippen LogP contribution is 2.25. The molecular formula is C34H40Cl3N9O. The summed E-state index contributed by atoms with van der Waals surface area (Å²) in [4.78, 5) is 21.4. The average molecular weight is 697 g/mol. The van der Waals surface area contributed by atoms with Gasteiger partial charge in [-0.1, -0.05) is 80.4 Å². The number of carbonyl (C=O) groups is 1. The number of nitrogens with one attached hydrogen (secondary N) is 1. The predicted molar refractivity (Wildman–Crippen MR) is 195 cm³/mol. The first-order valence-corrected chi connectivity index (χ1v) is 15.3. The lowest BCUT2D eigenvalue weighted by Gasteiger charge is -2.13. The Morgan fingerprint density at radius 2 is 1.43 bits per heavy atom. The zero-order chi connectivity index (χ0) is 33.7. The van der Waals surface area contributed by atoms with Crippen molar-refractivity contribution in [2.45, 2.75) is 27.2 Å². The van der Waals surface area contributed by atoms with Crippen LogP contribution in [0.3, 0.4) is 0 Å². The van der Waals surface area contributed by atoms with Gasteiger partial charge in [-0.15, -0.1) is 12.4 Å². The number of pyridine rings is 2. The number of Topliss-reactive ketones (excluding diaryl/α,β-unsaturated/α-hetero) is 1. The number of benzene rings is 2. The molecule has 10 nitrogen and oxygen atoms in total. The molecule has 0 saturated heterocycles. The maximum Gasteiger partial charge on any atom is 0.195 e. The molecular weight excluding hydrogens is 657 g/mol. The molecule has 0 saturated carbocycles. The Morgan fingerprint density at radius 1 is 0.851 bits per heavy atom. The number of para-hydroxylation sites is 2. The van der Waals surface area contributed by atoms with Crippen molar-refractivity contribution in [2.75, 3.05) is 30.8 Å². The van der Waals surface area contributed by atoms with Crippen LogP contribution in [0.4, 0.5) is 11.5 Å². The van der Waals surface area contributed by atoms with Crippen LogP contribution in [0.15, 0.2) is 103 Å². The van der Waals surface area contributed by atoms with Crippen LogP contribution in [0, 0.1) is 11.3 Å². The minimum atomic E-state index is -0.229. The van der Waals surface area contributed by atoms with E-state index in [-0.39, 0.29) is 24.6 Å². The highest BCUT2D eigenvalue weighted by Gasteiger charge is 2.11. The van der Waals surface area contributed by atoms with E-state index in [1.54, 1.807) is 53.3 Å². The Kier molecular flexibility index (Phi) is 19.8. The van der Waals surface area contributed by atoms with Gasteiger partial charge in [0.15, 0.2) is 5.78 Å². The summed E-state index contributed by atoms with van der Waals surface area (Å²) >= 11 is 11.8. The fourth-order valence-corrected chi connectivity index (χ4v) is 4.20. The number of hydrogen-bond donors (Lipinski definition) is 3. The van der Waals surface area contributed by atoms with Crippen LogP contribution in [0.5, 0.6) is 0 Å². The Hall–Kier alpha value is -4.50. The molecule has 0 atom stereocenters. The number of anilines is 2. The molecule has 0 bridgehead atoms. The Morgan fingerprint density at radius 3 is 1.89 bits per heavy atom. The number of aromatic nitrogens is 4. The molecule has 0 radical (unpaired) electrons. The summed E-state index contributed by atoms with van der Waals surface area (Å²) in [5.41, 5.74) is 11.8. The summed E-state index contributed by atoms with van der Waals surface area (Å²) < 4.78 is 1.62. The van der Waals surface area contributed by atoms with Gasteiger partial charge in [0.1, 0.15) is 23.6 Å².